The van der Waals surface area contributed by atoms with E-state index in [1.807, 2.05) is 0 Å². The topological polar surface area (TPSA) is 46.2 Å². The third-order valence-corrected chi connectivity index (χ3v) is 7.10. The van der Waals surface area contributed by atoms with Crippen molar-refractivity contribution in [2.75, 3.05) is 18.1 Å². The lowest BCUT2D eigenvalue weighted by Crippen LogP contribution is -2.31. The maximum atomic E-state index is 11.8. The van der Waals surface area contributed by atoms with Gasteiger partial charge in [-0.15, -0.1) is 0 Å². The molecule has 1 aromatic carbocycles. The number of hydrogen-bond donors (Lipinski definition) is 1. The molecule has 3 rings (SSSR count). The predicted molar refractivity (Wildman–Crippen MR) is 94.1 cm³/mol. The second-order valence-corrected chi connectivity index (χ2v) is 9.91. The van der Waals surface area contributed by atoms with Crippen LogP contribution in [0.1, 0.15) is 24.8 Å². The molecule has 0 bridgehead atoms. The monoisotopic (exact) mass is 419 g/mol. The lowest BCUT2D eigenvalue weighted by atomic mass is 9.86. The van der Waals surface area contributed by atoms with Crippen molar-refractivity contribution < 1.29 is 8.42 Å². The van der Waals surface area contributed by atoms with Crippen molar-refractivity contribution in [2.24, 2.45) is 11.8 Å². The molecule has 1 saturated heterocycles. The summed E-state index contributed by atoms with van der Waals surface area (Å²) < 4.78 is 24.8. The molecule has 2 aliphatic rings. The Balaban J connectivity index is 1.67. The first kappa shape index (κ1) is 15.7. The number of benzene rings is 1. The summed E-state index contributed by atoms with van der Waals surface area (Å²) in [6.45, 7) is 0.955. The fourth-order valence-electron chi connectivity index (χ4n) is 3.13. The Morgan fingerprint density at radius 3 is 2.48 bits per heavy atom. The normalized spacial score (nSPS) is 25.9. The van der Waals surface area contributed by atoms with Gasteiger partial charge in [-0.3, -0.25) is 0 Å². The van der Waals surface area contributed by atoms with Crippen molar-refractivity contribution in [3.63, 3.8) is 0 Å². The van der Waals surface area contributed by atoms with Crippen LogP contribution in [0.2, 0.25) is 0 Å². The highest BCUT2D eigenvalue weighted by Crippen LogP contribution is 2.29. The zero-order valence-corrected chi connectivity index (χ0v) is 15.1. The number of sulfone groups is 1. The molecular weight excluding hydrogens is 397 g/mol. The molecule has 2 atom stereocenters. The van der Waals surface area contributed by atoms with Crippen LogP contribution in [0.3, 0.4) is 0 Å². The molecule has 5 heteroatoms. The fourth-order valence-corrected chi connectivity index (χ4v) is 5.41. The summed E-state index contributed by atoms with van der Waals surface area (Å²) in [4.78, 5) is 0. The summed E-state index contributed by atoms with van der Waals surface area (Å²) >= 11 is 2.31. The Bertz CT molecular complexity index is 581. The van der Waals surface area contributed by atoms with E-state index in [4.69, 9.17) is 0 Å². The van der Waals surface area contributed by atoms with E-state index in [1.54, 1.807) is 0 Å². The molecule has 0 aromatic heterocycles. The molecule has 2 fully saturated rings. The summed E-state index contributed by atoms with van der Waals surface area (Å²) in [6.07, 6.45) is 4.37. The summed E-state index contributed by atoms with van der Waals surface area (Å²) in [5, 5.41) is 3.60. The Hall–Kier alpha value is -0.140. The lowest BCUT2D eigenvalue weighted by molar-refractivity contribution is 0.342. The minimum absolute atomic E-state index is 0.320. The average molecular weight is 419 g/mol. The van der Waals surface area contributed by atoms with Crippen LogP contribution in [-0.4, -0.2) is 32.5 Å². The molecule has 1 heterocycles. The maximum Gasteiger partial charge on any atom is 0.150 e. The first-order valence-electron chi connectivity index (χ1n) is 7.70. The van der Waals surface area contributed by atoms with Gasteiger partial charge in [0.2, 0.25) is 0 Å². The maximum absolute atomic E-state index is 11.8. The molecule has 2 unspecified atom stereocenters. The van der Waals surface area contributed by atoms with Gasteiger partial charge >= 0.3 is 0 Å². The molecule has 3 nitrogen and oxygen atoms in total. The number of rotatable bonds is 6. The Morgan fingerprint density at radius 2 is 1.90 bits per heavy atom. The van der Waals surface area contributed by atoms with E-state index in [2.05, 4.69) is 52.2 Å². The molecule has 0 radical (unpaired) electrons. The van der Waals surface area contributed by atoms with E-state index in [-0.39, 0.29) is 0 Å². The van der Waals surface area contributed by atoms with Crippen molar-refractivity contribution in [3.05, 3.63) is 33.4 Å². The molecular formula is C16H22INO2S. The van der Waals surface area contributed by atoms with Gasteiger partial charge in [-0.25, -0.2) is 8.42 Å². The van der Waals surface area contributed by atoms with Crippen LogP contribution < -0.4 is 5.32 Å². The molecule has 0 amide bonds. The van der Waals surface area contributed by atoms with E-state index in [0.717, 1.165) is 19.4 Å². The highest BCUT2D eigenvalue weighted by Gasteiger charge is 2.34. The molecule has 0 spiro atoms. The van der Waals surface area contributed by atoms with E-state index < -0.39 is 9.84 Å². The van der Waals surface area contributed by atoms with Crippen LogP contribution in [0.15, 0.2) is 24.3 Å². The first-order valence-corrected chi connectivity index (χ1v) is 10.6. The van der Waals surface area contributed by atoms with Gasteiger partial charge in [0, 0.05) is 9.61 Å². The van der Waals surface area contributed by atoms with Gasteiger partial charge in [-0.2, -0.15) is 0 Å². The Kier molecular flexibility index (Phi) is 4.90. The standard InChI is InChI=1S/C16H22INO2S/c17-15-3-1-12(2-4-15)9-14(10-18-16-5-6-16)13-7-8-21(19,20)11-13/h1-4,13-14,16,18H,5-11H2. The molecule has 1 aliphatic carbocycles. The van der Waals surface area contributed by atoms with Gasteiger partial charge < -0.3 is 5.32 Å². The second-order valence-electron chi connectivity index (χ2n) is 6.44. The van der Waals surface area contributed by atoms with Gasteiger partial charge in [0.15, 0.2) is 9.84 Å². The fraction of sp³-hybridized carbons (Fsp3) is 0.625. The Morgan fingerprint density at radius 1 is 1.19 bits per heavy atom. The summed E-state index contributed by atoms with van der Waals surface area (Å²) in [5.74, 6) is 1.52. The highest BCUT2D eigenvalue weighted by atomic mass is 127. The SMILES string of the molecule is O=S1(=O)CCC(C(CNC2CC2)Cc2ccc(I)cc2)C1. The van der Waals surface area contributed by atoms with Crippen molar-refractivity contribution in [1.82, 2.24) is 5.32 Å². The number of halogens is 1. The van der Waals surface area contributed by atoms with Crippen LogP contribution in [0, 0.1) is 15.4 Å². The van der Waals surface area contributed by atoms with Gasteiger partial charge in [0.1, 0.15) is 0 Å². The van der Waals surface area contributed by atoms with Crippen molar-refractivity contribution in [2.45, 2.75) is 31.7 Å². The van der Waals surface area contributed by atoms with E-state index >= 15 is 0 Å². The smallest absolute Gasteiger partial charge is 0.150 e. The predicted octanol–water partition coefficient (Wildman–Crippen LogP) is 2.64. The number of nitrogens with one attached hydrogen (secondary N) is 1. The minimum atomic E-state index is -2.79. The molecule has 116 valence electrons. The van der Waals surface area contributed by atoms with Crippen LogP contribution in [-0.2, 0) is 16.3 Å². The van der Waals surface area contributed by atoms with E-state index in [9.17, 15) is 8.42 Å². The van der Waals surface area contributed by atoms with Gasteiger partial charge in [0.25, 0.3) is 0 Å². The van der Waals surface area contributed by atoms with Gasteiger partial charge in [-0.05, 0) is 84.4 Å². The van der Waals surface area contributed by atoms with Gasteiger partial charge in [-0.1, -0.05) is 12.1 Å². The largest absolute Gasteiger partial charge is 0.314 e. The zero-order valence-electron chi connectivity index (χ0n) is 12.1. The van der Waals surface area contributed by atoms with Crippen LogP contribution >= 0.6 is 22.6 Å². The van der Waals surface area contributed by atoms with Gasteiger partial charge in [0.05, 0.1) is 11.5 Å². The van der Waals surface area contributed by atoms with Crippen molar-refractivity contribution in [3.8, 4) is 0 Å². The Labute approximate surface area is 141 Å². The van der Waals surface area contributed by atoms with Crippen LogP contribution in [0.5, 0.6) is 0 Å². The molecule has 21 heavy (non-hydrogen) atoms. The zero-order chi connectivity index (χ0) is 14.9. The van der Waals surface area contributed by atoms with Crippen LogP contribution in [0.25, 0.3) is 0 Å². The molecule has 1 aliphatic heterocycles. The third kappa shape index (κ3) is 4.66. The average Bonchev–Trinajstić information content (AvgIpc) is 3.20. The van der Waals surface area contributed by atoms with Crippen molar-refractivity contribution >= 4 is 32.4 Å². The van der Waals surface area contributed by atoms with Crippen molar-refractivity contribution in [1.29, 1.82) is 0 Å². The molecule has 1 aromatic rings. The number of hydrogen-bond acceptors (Lipinski definition) is 3. The summed E-state index contributed by atoms with van der Waals surface area (Å²) in [6, 6.07) is 9.30. The lowest BCUT2D eigenvalue weighted by Gasteiger charge is -2.23. The highest BCUT2D eigenvalue weighted by molar-refractivity contribution is 14.1. The third-order valence-electron chi connectivity index (χ3n) is 4.59. The minimum Gasteiger partial charge on any atom is -0.314 e. The van der Waals surface area contributed by atoms with E-state index in [0.29, 0.717) is 29.4 Å². The van der Waals surface area contributed by atoms with E-state index in [1.165, 1.54) is 22.0 Å². The van der Waals surface area contributed by atoms with Crippen LogP contribution in [0.4, 0.5) is 0 Å². The quantitative estimate of drug-likeness (QED) is 0.722. The second kappa shape index (κ2) is 6.54. The summed E-state index contributed by atoms with van der Waals surface area (Å²) in [5.41, 5.74) is 1.32. The summed E-state index contributed by atoms with van der Waals surface area (Å²) in [7, 11) is -2.79. The molecule has 1 saturated carbocycles. The first-order chi connectivity index (χ1) is 10.0. The molecule has 1 N–H and O–H groups in total.